The normalized spacial score (nSPS) is 17.6. The van der Waals surface area contributed by atoms with Gasteiger partial charge in [0.2, 0.25) is 11.8 Å². The summed E-state index contributed by atoms with van der Waals surface area (Å²) >= 11 is 0. The van der Waals surface area contributed by atoms with Gasteiger partial charge in [-0.3, -0.25) is 4.79 Å². The molecule has 2 aromatic carbocycles. The lowest BCUT2D eigenvalue weighted by atomic mass is 9.84. The number of aromatic nitrogens is 1. The molecule has 5 heteroatoms. The minimum Gasteiger partial charge on any atom is -0.436 e. The standard InChI is InChI=1S/C20H19N3O2/c1-12(2)15-11-18(24)22-23-19(15)14-8-9-16-17(10-14)25-20(21-16)13-6-4-3-5-7-13/h3-10,12,15H,11H2,1-2H3,(H,22,24). The van der Waals surface area contributed by atoms with Gasteiger partial charge in [-0.25, -0.2) is 10.4 Å². The predicted molar refractivity (Wildman–Crippen MR) is 97.1 cm³/mol. The Labute approximate surface area is 145 Å². The van der Waals surface area contributed by atoms with E-state index < -0.39 is 0 Å². The van der Waals surface area contributed by atoms with Crippen molar-refractivity contribution in [2.45, 2.75) is 20.3 Å². The number of carbonyl (C=O) groups is 1. The smallest absolute Gasteiger partial charge is 0.240 e. The molecule has 0 saturated heterocycles. The van der Waals surface area contributed by atoms with Crippen molar-refractivity contribution in [1.29, 1.82) is 0 Å². The van der Waals surface area contributed by atoms with Crippen molar-refractivity contribution < 1.29 is 9.21 Å². The summed E-state index contributed by atoms with van der Waals surface area (Å²) in [6, 6.07) is 15.7. The number of hydrogen-bond donors (Lipinski definition) is 1. The molecule has 1 amide bonds. The Bertz CT molecular complexity index is 957. The Morgan fingerprint density at radius 1 is 1.12 bits per heavy atom. The number of nitrogens with one attached hydrogen (secondary N) is 1. The van der Waals surface area contributed by atoms with Gasteiger partial charge < -0.3 is 4.42 Å². The zero-order chi connectivity index (χ0) is 17.4. The molecule has 5 nitrogen and oxygen atoms in total. The van der Waals surface area contributed by atoms with E-state index in [1.54, 1.807) is 0 Å². The summed E-state index contributed by atoms with van der Waals surface area (Å²) in [6.45, 7) is 4.22. The van der Waals surface area contributed by atoms with E-state index in [-0.39, 0.29) is 11.8 Å². The van der Waals surface area contributed by atoms with Gasteiger partial charge in [0.1, 0.15) is 5.52 Å². The first-order valence-electron chi connectivity index (χ1n) is 8.44. The first-order valence-corrected chi connectivity index (χ1v) is 8.44. The van der Waals surface area contributed by atoms with Gasteiger partial charge in [0.05, 0.1) is 5.71 Å². The van der Waals surface area contributed by atoms with Crippen LogP contribution in [0.4, 0.5) is 0 Å². The summed E-state index contributed by atoms with van der Waals surface area (Å²) in [6.07, 6.45) is 0.459. The molecule has 3 aromatic rings. The van der Waals surface area contributed by atoms with E-state index in [0.29, 0.717) is 18.2 Å². The highest BCUT2D eigenvalue weighted by Crippen LogP contribution is 2.28. The number of fused-ring (bicyclic) bond motifs is 1. The molecule has 0 aliphatic carbocycles. The number of hydrazone groups is 1. The molecule has 1 atom stereocenters. The van der Waals surface area contributed by atoms with Crippen molar-refractivity contribution in [2.75, 3.05) is 0 Å². The topological polar surface area (TPSA) is 67.5 Å². The van der Waals surface area contributed by atoms with Crippen molar-refractivity contribution in [1.82, 2.24) is 10.4 Å². The molecule has 25 heavy (non-hydrogen) atoms. The molecule has 0 spiro atoms. The Hall–Kier alpha value is -2.95. The molecular weight excluding hydrogens is 314 g/mol. The Kier molecular flexibility index (Phi) is 3.84. The van der Waals surface area contributed by atoms with Crippen LogP contribution in [-0.2, 0) is 4.79 Å². The van der Waals surface area contributed by atoms with E-state index in [2.05, 4.69) is 29.4 Å². The SMILES string of the molecule is CC(C)C1CC(=O)NN=C1c1ccc2nc(-c3ccccc3)oc2c1. The lowest BCUT2D eigenvalue weighted by molar-refractivity contribution is -0.122. The van der Waals surface area contributed by atoms with Gasteiger partial charge in [-0.2, -0.15) is 5.10 Å². The maximum absolute atomic E-state index is 11.7. The van der Waals surface area contributed by atoms with Crippen LogP contribution < -0.4 is 5.43 Å². The van der Waals surface area contributed by atoms with Crippen LogP contribution in [0.3, 0.4) is 0 Å². The van der Waals surface area contributed by atoms with E-state index in [9.17, 15) is 4.79 Å². The van der Waals surface area contributed by atoms with Crippen LogP contribution in [-0.4, -0.2) is 16.6 Å². The number of amides is 1. The van der Waals surface area contributed by atoms with Crippen molar-refractivity contribution in [2.24, 2.45) is 16.9 Å². The fourth-order valence-corrected chi connectivity index (χ4v) is 3.17. The van der Waals surface area contributed by atoms with Crippen LogP contribution in [0.5, 0.6) is 0 Å². The minimum absolute atomic E-state index is 0.0328. The van der Waals surface area contributed by atoms with Crippen LogP contribution in [0.15, 0.2) is 58.0 Å². The zero-order valence-corrected chi connectivity index (χ0v) is 14.2. The Morgan fingerprint density at radius 3 is 2.68 bits per heavy atom. The summed E-state index contributed by atoms with van der Waals surface area (Å²) < 4.78 is 5.95. The zero-order valence-electron chi connectivity index (χ0n) is 14.2. The van der Waals surface area contributed by atoms with Crippen molar-refractivity contribution >= 4 is 22.7 Å². The number of benzene rings is 2. The highest BCUT2D eigenvalue weighted by atomic mass is 16.3. The summed E-state index contributed by atoms with van der Waals surface area (Å²) in [4.78, 5) is 16.2. The maximum Gasteiger partial charge on any atom is 0.240 e. The summed E-state index contributed by atoms with van der Waals surface area (Å²) in [5.74, 6) is 0.999. The quantitative estimate of drug-likeness (QED) is 0.788. The van der Waals surface area contributed by atoms with Crippen LogP contribution >= 0.6 is 0 Å². The molecule has 1 aliphatic heterocycles. The number of hydrogen-bond acceptors (Lipinski definition) is 4. The van der Waals surface area contributed by atoms with E-state index in [4.69, 9.17) is 4.42 Å². The van der Waals surface area contributed by atoms with Crippen LogP contribution in [0.1, 0.15) is 25.8 Å². The maximum atomic E-state index is 11.7. The third-order valence-electron chi connectivity index (χ3n) is 4.57. The Balaban J connectivity index is 1.75. The molecule has 0 fully saturated rings. The van der Waals surface area contributed by atoms with Gasteiger partial charge in [0.25, 0.3) is 0 Å². The number of nitrogens with zero attached hydrogens (tertiary/aromatic N) is 2. The minimum atomic E-state index is -0.0328. The van der Waals surface area contributed by atoms with Crippen LogP contribution in [0.2, 0.25) is 0 Å². The van der Waals surface area contributed by atoms with Crippen molar-refractivity contribution in [3.8, 4) is 11.5 Å². The van der Waals surface area contributed by atoms with Gasteiger partial charge in [-0.1, -0.05) is 38.1 Å². The molecule has 0 saturated carbocycles. The monoisotopic (exact) mass is 333 g/mol. The molecule has 2 heterocycles. The summed E-state index contributed by atoms with van der Waals surface area (Å²) in [5.41, 5.74) is 6.93. The molecule has 1 aliphatic rings. The fraction of sp³-hybridized carbons (Fsp3) is 0.250. The lowest BCUT2D eigenvalue weighted by Gasteiger charge is -2.25. The first kappa shape index (κ1) is 15.6. The molecule has 1 aromatic heterocycles. The first-order chi connectivity index (χ1) is 12.1. The average molecular weight is 333 g/mol. The molecule has 0 bridgehead atoms. The van der Waals surface area contributed by atoms with Crippen LogP contribution in [0.25, 0.3) is 22.6 Å². The van der Waals surface area contributed by atoms with Gasteiger partial charge >= 0.3 is 0 Å². The molecular formula is C20H19N3O2. The second-order valence-corrected chi connectivity index (χ2v) is 6.65. The molecule has 4 rings (SSSR count). The van der Waals surface area contributed by atoms with Gasteiger partial charge in [-0.15, -0.1) is 0 Å². The van der Waals surface area contributed by atoms with E-state index in [1.165, 1.54) is 0 Å². The highest BCUT2D eigenvalue weighted by molar-refractivity contribution is 6.07. The molecule has 0 radical (unpaired) electrons. The molecule has 1 N–H and O–H groups in total. The van der Waals surface area contributed by atoms with E-state index in [1.807, 2.05) is 48.5 Å². The van der Waals surface area contributed by atoms with Crippen molar-refractivity contribution in [3.63, 3.8) is 0 Å². The van der Waals surface area contributed by atoms with Gasteiger partial charge in [-0.05, 0) is 30.2 Å². The van der Waals surface area contributed by atoms with E-state index >= 15 is 0 Å². The highest BCUT2D eigenvalue weighted by Gasteiger charge is 2.28. The number of rotatable bonds is 3. The summed E-state index contributed by atoms with van der Waals surface area (Å²) in [5, 5.41) is 4.31. The summed E-state index contributed by atoms with van der Waals surface area (Å²) in [7, 11) is 0. The predicted octanol–water partition coefficient (Wildman–Crippen LogP) is 3.99. The van der Waals surface area contributed by atoms with Crippen molar-refractivity contribution in [3.05, 3.63) is 54.1 Å². The van der Waals surface area contributed by atoms with Gasteiger partial charge in [0, 0.05) is 23.5 Å². The third kappa shape index (κ3) is 2.93. The third-order valence-corrected chi connectivity index (χ3v) is 4.57. The van der Waals surface area contributed by atoms with Crippen LogP contribution in [0, 0.1) is 11.8 Å². The molecule has 1 unspecified atom stereocenters. The fourth-order valence-electron chi connectivity index (χ4n) is 3.17. The van der Waals surface area contributed by atoms with Gasteiger partial charge in [0.15, 0.2) is 5.58 Å². The second kappa shape index (κ2) is 6.16. The number of carbonyl (C=O) groups excluding carboxylic acids is 1. The largest absolute Gasteiger partial charge is 0.436 e. The lowest BCUT2D eigenvalue weighted by Crippen LogP contribution is -2.35. The molecule has 126 valence electrons. The second-order valence-electron chi connectivity index (χ2n) is 6.65. The Morgan fingerprint density at radius 2 is 1.92 bits per heavy atom. The average Bonchev–Trinajstić information content (AvgIpc) is 3.05. The van der Waals surface area contributed by atoms with E-state index in [0.717, 1.165) is 27.9 Å². The number of oxazole rings is 1.